The van der Waals surface area contributed by atoms with E-state index in [4.69, 9.17) is 4.74 Å². The molecule has 2 aliphatic rings. The first-order chi connectivity index (χ1) is 8.25. The summed E-state index contributed by atoms with van der Waals surface area (Å²) >= 11 is 0. The Morgan fingerprint density at radius 2 is 1.88 bits per heavy atom. The lowest BCUT2D eigenvalue weighted by Gasteiger charge is -2.30. The van der Waals surface area contributed by atoms with Crippen LogP contribution in [0.4, 0.5) is 0 Å². The fraction of sp³-hybridized carbons (Fsp3) is 0.923. The largest absolute Gasteiger partial charge is 0.375 e. The molecule has 2 aliphatic heterocycles. The van der Waals surface area contributed by atoms with E-state index in [-0.39, 0.29) is 12.0 Å². The Morgan fingerprint density at radius 3 is 2.47 bits per heavy atom. The van der Waals surface area contributed by atoms with E-state index in [9.17, 15) is 4.79 Å². The Morgan fingerprint density at radius 1 is 1.24 bits per heavy atom. The van der Waals surface area contributed by atoms with Gasteiger partial charge in [0.1, 0.15) is 0 Å². The van der Waals surface area contributed by atoms with Crippen molar-refractivity contribution in [3.63, 3.8) is 0 Å². The third kappa shape index (κ3) is 4.64. The average molecular weight is 242 g/mol. The molecule has 4 nitrogen and oxygen atoms in total. The molecule has 100 valence electrons. The van der Waals surface area contributed by atoms with E-state index in [1.807, 2.05) is 18.7 Å². The minimum atomic E-state index is 0.108. The smallest absolute Gasteiger partial charge is 0.225 e. The van der Waals surface area contributed by atoms with Gasteiger partial charge >= 0.3 is 0 Å². The number of morpholine rings is 1. The second kappa shape index (κ2) is 7.67. The molecule has 0 aromatic rings. The van der Waals surface area contributed by atoms with E-state index < -0.39 is 0 Å². The van der Waals surface area contributed by atoms with Gasteiger partial charge in [-0.3, -0.25) is 4.79 Å². The lowest BCUT2D eigenvalue weighted by atomic mass is 10.2. The highest BCUT2D eigenvalue weighted by Crippen LogP contribution is 2.13. The van der Waals surface area contributed by atoms with Crippen molar-refractivity contribution < 1.29 is 9.53 Å². The van der Waals surface area contributed by atoms with Gasteiger partial charge in [0.05, 0.1) is 19.1 Å². The lowest BCUT2D eigenvalue weighted by Crippen LogP contribution is -2.42. The Hall–Kier alpha value is -0.610. The summed E-state index contributed by atoms with van der Waals surface area (Å²) in [4.78, 5) is 16.0. The first kappa shape index (κ1) is 14.5. The maximum Gasteiger partial charge on any atom is 0.225 e. The molecule has 2 heterocycles. The molecule has 0 saturated carbocycles. The number of carbonyl (C=O) groups is 1. The highest BCUT2D eigenvalue weighted by molar-refractivity contribution is 5.77. The molecule has 0 bridgehead atoms. The second-order valence-corrected chi connectivity index (χ2v) is 4.55. The molecule has 17 heavy (non-hydrogen) atoms. The summed E-state index contributed by atoms with van der Waals surface area (Å²) in [7, 11) is 2.08. The standard InChI is InChI=1S/C11H20N2O2.C2H6/c1-12-6-7-15-10(9-12)8-11(14)13-4-2-3-5-13;1-2/h10H,2-9H2,1H3;1-2H3. The molecular formula is C13H26N2O2. The number of likely N-dealkylation sites (tertiary alicyclic amines) is 1. The van der Waals surface area contributed by atoms with Crippen LogP contribution in [0.1, 0.15) is 33.1 Å². The molecule has 0 spiro atoms. The minimum Gasteiger partial charge on any atom is -0.375 e. The Kier molecular flexibility index (Phi) is 6.52. The monoisotopic (exact) mass is 242 g/mol. The van der Waals surface area contributed by atoms with Gasteiger partial charge in [0.25, 0.3) is 0 Å². The van der Waals surface area contributed by atoms with E-state index in [0.717, 1.165) is 45.6 Å². The summed E-state index contributed by atoms with van der Waals surface area (Å²) in [5.41, 5.74) is 0. The number of likely N-dealkylation sites (N-methyl/N-ethyl adjacent to an activating group) is 1. The highest BCUT2D eigenvalue weighted by Gasteiger charge is 2.24. The summed E-state index contributed by atoms with van der Waals surface area (Å²) in [6.07, 6.45) is 3.00. The van der Waals surface area contributed by atoms with Crippen LogP contribution in [-0.4, -0.2) is 61.6 Å². The number of ether oxygens (including phenoxy) is 1. The van der Waals surface area contributed by atoms with Gasteiger partial charge in [0, 0.05) is 26.2 Å². The van der Waals surface area contributed by atoms with Gasteiger partial charge in [-0.1, -0.05) is 13.8 Å². The maximum absolute atomic E-state index is 11.8. The van der Waals surface area contributed by atoms with Crippen LogP contribution >= 0.6 is 0 Å². The molecule has 4 heteroatoms. The zero-order valence-corrected chi connectivity index (χ0v) is 11.4. The van der Waals surface area contributed by atoms with Crippen LogP contribution in [0, 0.1) is 0 Å². The predicted molar refractivity (Wildman–Crippen MR) is 69.0 cm³/mol. The SMILES string of the molecule is CC.CN1CCOC(CC(=O)N2CCCC2)C1. The van der Waals surface area contributed by atoms with E-state index >= 15 is 0 Å². The number of hydrogen-bond donors (Lipinski definition) is 0. The molecule has 2 fully saturated rings. The van der Waals surface area contributed by atoms with Crippen molar-refractivity contribution in [1.29, 1.82) is 0 Å². The number of hydrogen-bond acceptors (Lipinski definition) is 3. The van der Waals surface area contributed by atoms with Crippen molar-refractivity contribution in [2.45, 2.75) is 39.2 Å². The number of nitrogens with zero attached hydrogens (tertiary/aromatic N) is 2. The summed E-state index contributed by atoms with van der Waals surface area (Å²) in [5.74, 6) is 0.271. The van der Waals surface area contributed by atoms with E-state index in [1.165, 1.54) is 0 Å². The molecule has 1 amide bonds. The number of rotatable bonds is 2. The van der Waals surface area contributed by atoms with Crippen LogP contribution in [0.5, 0.6) is 0 Å². The molecular weight excluding hydrogens is 216 g/mol. The van der Waals surface area contributed by atoms with Crippen molar-refractivity contribution >= 4 is 5.91 Å². The molecule has 0 aromatic carbocycles. The van der Waals surface area contributed by atoms with Gasteiger partial charge in [-0.25, -0.2) is 0 Å². The summed E-state index contributed by atoms with van der Waals surface area (Å²) in [6.45, 7) is 8.52. The van der Waals surface area contributed by atoms with Crippen LogP contribution in [0.3, 0.4) is 0 Å². The van der Waals surface area contributed by atoms with Gasteiger partial charge in [0.2, 0.25) is 5.91 Å². The topological polar surface area (TPSA) is 32.8 Å². The van der Waals surface area contributed by atoms with Crippen LogP contribution < -0.4 is 0 Å². The molecule has 1 unspecified atom stereocenters. The second-order valence-electron chi connectivity index (χ2n) is 4.55. The van der Waals surface area contributed by atoms with Crippen molar-refractivity contribution in [1.82, 2.24) is 9.80 Å². The third-order valence-electron chi connectivity index (χ3n) is 3.20. The third-order valence-corrected chi connectivity index (χ3v) is 3.20. The summed E-state index contributed by atoms with van der Waals surface area (Å²) in [5, 5.41) is 0. The molecule has 0 N–H and O–H groups in total. The maximum atomic E-state index is 11.8. The van der Waals surface area contributed by atoms with Crippen molar-refractivity contribution in [3.05, 3.63) is 0 Å². The molecule has 2 rings (SSSR count). The molecule has 0 aliphatic carbocycles. The first-order valence-electron chi connectivity index (χ1n) is 6.83. The minimum absolute atomic E-state index is 0.108. The van der Waals surface area contributed by atoms with Crippen molar-refractivity contribution in [3.8, 4) is 0 Å². The van der Waals surface area contributed by atoms with Gasteiger partial charge in [0.15, 0.2) is 0 Å². The zero-order valence-electron chi connectivity index (χ0n) is 11.4. The van der Waals surface area contributed by atoms with Crippen LogP contribution in [0.25, 0.3) is 0 Å². The Labute approximate surface area is 105 Å². The van der Waals surface area contributed by atoms with Crippen molar-refractivity contribution in [2.75, 3.05) is 39.8 Å². The molecule has 0 aromatic heterocycles. The fourth-order valence-corrected chi connectivity index (χ4v) is 2.28. The lowest BCUT2D eigenvalue weighted by molar-refractivity contribution is -0.134. The quantitative estimate of drug-likeness (QED) is 0.733. The molecule has 0 radical (unpaired) electrons. The number of carbonyl (C=O) groups excluding carboxylic acids is 1. The first-order valence-corrected chi connectivity index (χ1v) is 6.83. The van der Waals surface area contributed by atoms with Crippen LogP contribution in [0.15, 0.2) is 0 Å². The Balaban J connectivity index is 0.000000686. The Bertz CT molecular complexity index is 227. The molecule has 1 atom stereocenters. The van der Waals surface area contributed by atoms with E-state index in [1.54, 1.807) is 0 Å². The average Bonchev–Trinajstić information content (AvgIpc) is 2.85. The summed E-state index contributed by atoms with van der Waals surface area (Å²) in [6, 6.07) is 0. The zero-order chi connectivity index (χ0) is 12.7. The van der Waals surface area contributed by atoms with Gasteiger partial charge in [-0.15, -0.1) is 0 Å². The summed E-state index contributed by atoms with van der Waals surface area (Å²) < 4.78 is 5.59. The highest BCUT2D eigenvalue weighted by atomic mass is 16.5. The van der Waals surface area contributed by atoms with Gasteiger partial charge < -0.3 is 14.5 Å². The normalized spacial score (nSPS) is 25.4. The molecule has 2 saturated heterocycles. The van der Waals surface area contributed by atoms with Crippen LogP contribution in [0.2, 0.25) is 0 Å². The van der Waals surface area contributed by atoms with Crippen molar-refractivity contribution in [2.24, 2.45) is 0 Å². The predicted octanol–water partition coefficient (Wildman–Crippen LogP) is 1.36. The van der Waals surface area contributed by atoms with E-state index in [2.05, 4.69) is 11.9 Å². The fourth-order valence-electron chi connectivity index (χ4n) is 2.28. The van der Waals surface area contributed by atoms with E-state index in [0.29, 0.717) is 6.42 Å². The number of amides is 1. The van der Waals surface area contributed by atoms with Gasteiger partial charge in [-0.05, 0) is 19.9 Å². The van der Waals surface area contributed by atoms with Crippen LogP contribution in [-0.2, 0) is 9.53 Å². The van der Waals surface area contributed by atoms with Gasteiger partial charge in [-0.2, -0.15) is 0 Å².